The van der Waals surface area contributed by atoms with Crippen molar-refractivity contribution in [1.82, 2.24) is 15.3 Å². The molecule has 1 aliphatic rings. The first-order valence-corrected chi connectivity index (χ1v) is 9.41. The number of amides is 1. The molecular weight excluding hydrogens is 364 g/mol. The predicted molar refractivity (Wildman–Crippen MR) is 106 cm³/mol. The van der Waals surface area contributed by atoms with Crippen molar-refractivity contribution in [3.8, 4) is 0 Å². The van der Waals surface area contributed by atoms with Gasteiger partial charge in [0.25, 0.3) is 5.91 Å². The molecule has 0 fully saturated rings. The molecule has 0 bridgehead atoms. The van der Waals surface area contributed by atoms with Crippen LogP contribution in [0.5, 0.6) is 0 Å². The number of likely N-dealkylation sites (N-methyl/N-ethyl adjacent to an activating group) is 1. The quantitative estimate of drug-likeness (QED) is 0.589. The van der Waals surface area contributed by atoms with E-state index in [1.165, 1.54) is 11.3 Å². The molecule has 0 saturated heterocycles. The van der Waals surface area contributed by atoms with Crippen LogP contribution >= 0.6 is 11.3 Å². The number of H-pyrrole nitrogens is 1. The molecule has 2 N–H and O–H groups in total. The molecule has 8 heteroatoms. The molecule has 1 amide bonds. The summed E-state index contributed by atoms with van der Waals surface area (Å²) in [5, 5.41) is 6.07. The first-order chi connectivity index (χ1) is 12.9. The monoisotopic (exact) mass is 386 g/mol. The fraction of sp³-hybridized carbons (Fsp3) is 0.316. The van der Waals surface area contributed by atoms with E-state index in [2.05, 4.69) is 15.5 Å². The first-order valence-electron chi connectivity index (χ1n) is 8.53. The lowest BCUT2D eigenvalue weighted by atomic mass is 10.1. The Morgan fingerprint density at radius 2 is 2.15 bits per heavy atom. The molecule has 7 nitrogen and oxygen atoms in total. The minimum Gasteiger partial charge on any atom is -0.461 e. The van der Waals surface area contributed by atoms with E-state index in [0.29, 0.717) is 41.4 Å². The largest absolute Gasteiger partial charge is 0.461 e. The summed E-state index contributed by atoms with van der Waals surface area (Å²) in [4.78, 5) is 30.7. The van der Waals surface area contributed by atoms with Crippen molar-refractivity contribution in [2.24, 2.45) is 5.10 Å². The second kappa shape index (κ2) is 7.89. The van der Waals surface area contributed by atoms with Crippen molar-refractivity contribution in [1.29, 1.82) is 0 Å². The molecule has 27 heavy (non-hydrogen) atoms. The minimum absolute atomic E-state index is 0.264. The highest BCUT2D eigenvalue weighted by Crippen LogP contribution is 2.25. The highest BCUT2D eigenvalue weighted by atomic mass is 32.1. The molecule has 0 saturated carbocycles. The molecule has 2 aromatic heterocycles. The third-order valence-electron chi connectivity index (χ3n) is 4.26. The number of carbonyl (C=O) groups is 2. The van der Waals surface area contributed by atoms with Gasteiger partial charge in [-0.3, -0.25) is 4.79 Å². The summed E-state index contributed by atoms with van der Waals surface area (Å²) < 4.78 is 5.36. The number of nitrogens with zero attached hydrogens (tertiary/aromatic N) is 2. The maximum absolute atomic E-state index is 12.5. The van der Waals surface area contributed by atoms with E-state index in [-0.39, 0.29) is 11.9 Å². The molecule has 0 aliphatic carbocycles. The summed E-state index contributed by atoms with van der Waals surface area (Å²) in [6.07, 6.45) is 1.74. The third kappa shape index (κ3) is 4.01. The number of hydrogen-bond acceptors (Lipinski definition) is 6. The van der Waals surface area contributed by atoms with Gasteiger partial charge in [0, 0.05) is 17.9 Å². The molecule has 0 spiro atoms. The van der Waals surface area contributed by atoms with Gasteiger partial charge in [0.15, 0.2) is 0 Å². The SMILES string of the molecule is Cc1[nH]c(/C=C2/C(=O)NN=C2c2cccs2)c(C)c1C(=O)OCCN(C)C. The van der Waals surface area contributed by atoms with Gasteiger partial charge in [-0.25, -0.2) is 10.2 Å². The summed E-state index contributed by atoms with van der Waals surface area (Å²) in [6, 6.07) is 3.83. The van der Waals surface area contributed by atoms with Gasteiger partial charge in [0.1, 0.15) is 12.3 Å². The average Bonchev–Trinajstić information content (AvgIpc) is 3.30. The van der Waals surface area contributed by atoms with Crippen LogP contribution in [-0.2, 0) is 9.53 Å². The molecule has 0 radical (unpaired) electrons. The Hall–Kier alpha value is -2.71. The van der Waals surface area contributed by atoms with Crippen molar-refractivity contribution in [2.75, 3.05) is 27.2 Å². The Morgan fingerprint density at radius 3 is 2.81 bits per heavy atom. The molecule has 3 rings (SSSR count). The summed E-state index contributed by atoms with van der Waals surface area (Å²) in [6.45, 7) is 4.64. The molecular formula is C19H22N4O3S. The molecule has 0 aromatic carbocycles. The number of ether oxygens (including phenoxy) is 1. The van der Waals surface area contributed by atoms with Crippen molar-refractivity contribution < 1.29 is 14.3 Å². The van der Waals surface area contributed by atoms with Crippen LogP contribution in [0.4, 0.5) is 0 Å². The van der Waals surface area contributed by atoms with Crippen molar-refractivity contribution in [3.63, 3.8) is 0 Å². The lowest BCUT2D eigenvalue weighted by molar-refractivity contribution is -0.116. The smallest absolute Gasteiger partial charge is 0.340 e. The first kappa shape index (κ1) is 19.1. The standard InChI is InChI=1S/C19H22N4O3S/c1-11-14(20-12(2)16(11)19(25)26-8-7-23(3)4)10-13-17(21-22-18(13)24)15-6-5-9-27-15/h5-6,9-10,20H,7-8H2,1-4H3,(H,22,24)/b13-10+. The number of aromatic nitrogens is 1. The zero-order chi connectivity index (χ0) is 19.6. The minimum atomic E-state index is -0.365. The highest BCUT2D eigenvalue weighted by molar-refractivity contribution is 7.12. The van der Waals surface area contributed by atoms with E-state index in [1.54, 1.807) is 6.08 Å². The molecule has 0 atom stereocenters. The molecule has 1 aliphatic heterocycles. The van der Waals surface area contributed by atoms with Gasteiger partial charge in [-0.1, -0.05) is 6.07 Å². The number of nitrogens with one attached hydrogen (secondary N) is 2. The van der Waals surface area contributed by atoms with Gasteiger partial charge in [0.05, 0.1) is 16.0 Å². The van der Waals surface area contributed by atoms with E-state index in [1.807, 2.05) is 50.4 Å². The van der Waals surface area contributed by atoms with Gasteiger partial charge in [-0.05, 0) is 51.0 Å². The summed E-state index contributed by atoms with van der Waals surface area (Å²) >= 11 is 1.51. The van der Waals surface area contributed by atoms with Gasteiger partial charge in [-0.2, -0.15) is 5.10 Å². The summed E-state index contributed by atoms with van der Waals surface area (Å²) in [5.41, 5.74) is 6.25. The Morgan fingerprint density at radius 1 is 1.37 bits per heavy atom. The Labute approximate surface area is 161 Å². The van der Waals surface area contributed by atoms with Crippen LogP contribution in [0.3, 0.4) is 0 Å². The van der Waals surface area contributed by atoms with Crippen LogP contribution < -0.4 is 5.43 Å². The average molecular weight is 386 g/mol. The fourth-order valence-electron chi connectivity index (χ4n) is 2.83. The number of aromatic amines is 1. The number of hydrazone groups is 1. The molecule has 3 heterocycles. The van der Waals surface area contributed by atoms with Gasteiger partial charge >= 0.3 is 5.97 Å². The van der Waals surface area contributed by atoms with E-state index >= 15 is 0 Å². The fourth-order valence-corrected chi connectivity index (χ4v) is 3.56. The number of esters is 1. The van der Waals surface area contributed by atoms with Crippen LogP contribution in [0.1, 0.15) is 32.2 Å². The topological polar surface area (TPSA) is 86.8 Å². The lowest BCUT2D eigenvalue weighted by Gasteiger charge is -2.10. The Kier molecular flexibility index (Phi) is 5.57. The second-order valence-electron chi connectivity index (χ2n) is 6.54. The van der Waals surface area contributed by atoms with Gasteiger partial charge < -0.3 is 14.6 Å². The Balaban J connectivity index is 1.88. The Bertz CT molecular complexity index is 923. The second-order valence-corrected chi connectivity index (χ2v) is 7.49. The van der Waals surface area contributed by atoms with E-state index < -0.39 is 0 Å². The summed E-state index contributed by atoms with van der Waals surface area (Å²) in [5.74, 6) is -0.629. The number of hydrogen-bond donors (Lipinski definition) is 2. The van der Waals surface area contributed by atoms with Crippen LogP contribution in [0.2, 0.25) is 0 Å². The van der Waals surface area contributed by atoms with Crippen LogP contribution in [0, 0.1) is 13.8 Å². The van der Waals surface area contributed by atoms with Crippen LogP contribution in [-0.4, -0.2) is 54.7 Å². The molecule has 142 valence electrons. The van der Waals surface area contributed by atoms with E-state index in [9.17, 15) is 9.59 Å². The maximum atomic E-state index is 12.5. The van der Waals surface area contributed by atoms with Crippen LogP contribution in [0.25, 0.3) is 6.08 Å². The number of aryl methyl sites for hydroxylation is 1. The van der Waals surface area contributed by atoms with Crippen molar-refractivity contribution >= 4 is 35.0 Å². The zero-order valence-corrected chi connectivity index (χ0v) is 16.6. The number of thiophene rings is 1. The zero-order valence-electron chi connectivity index (χ0n) is 15.8. The van der Waals surface area contributed by atoms with Crippen molar-refractivity contribution in [2.45, 2.75) is 13.8 Å². The predicted octanol–water partition coefficient (Wildman–Crippen LogP) is 2.33. The third-order valence-corrected chi connectivity index (χ3v) is 5.14. The van der Waals surface area contributed by atoms with Gasteiger partial charge in [0.2, 0.25) is 0 Å². The molecule has 2 aromatic rings. The number of carbonyl (C=O) groups excluding carboxylic acids is 2. The normalized spacial score (nSPS) is 15.4. The maximum Gasteiger partial charge on any atom is 0.340 e. The highest BCUT2D eigenvalue weighted by Gasteiger charge is 2.26. The number of rotatable bonds is 6. The van der Waals surface area contributed by atoms with Gasteiger partial charge in [-0.15, -0.1) is 11.3 Å². The van der Waals surface area contributed by atoms with E-state index in [0.717, 1.165) is 10.4 Å². The lowest BCUT2D eigenvalue weighted by Crippen LogP contribution is -2.20. The van der Waals surface area contributed by atoms with Crippen molar-refractivity contribution in [3.05, 3.63) is 50.5 Å². The summed E-state index contributed by atoms with van der Waals surface area (Å²) in [7, 11) is 3.84. The van der Waals surface area contributed by atoms with Crippen LogP contribution in [0.15, 0.2) is 28.2 Å². The molecule has 0 unspecified atom stereocenters. The van der Waals surface area contributed by atoms with E-state index in [4.69, 9.17) is 4.74 Å².